The SMILES string of the molecule is CCNC(=O)c1cnc(-c2cc(Cl)c(O)cc2O)n1-c1ccc(CN2CCN(C)CC2)cc1. The molecule has 0 atom stereocenters. The van der Waals surface area contributed by atoms with Crippen molar-refractivity contribution in [1.82, 2.24) is 24.7 Å². The Morgan fingerprint density at radius 3 is 2.45 bits per heavy atom. The van der Waals surface area contributed by atoms with Crippen molar-refractivity contribution < 1.29 is 15.0 Å². The molecule has 1 aromatic heterocycles. The predicted octanol–water partition coefficient (Wildman–Crippen LogP) is 3.10. The van der Waals surface area contributed by atoms with Crippen LogP contribution < -0.4 is 5.32 Å². The van der Waals surface area contributed by atoms with Crippen molar-refractivity contribution in [3.05, 3.63) is 58.9 Å². The van der Waals surface area contributed by atoms with Gasteiger partial charge in [0.05, 0.1) is 16.8 Å². The number of piperazine rings is 1. The highest BCUT2D eigenvalue weighted by molar-refractivity contribution is 6.32. The number of imidazole rings is 1. The Bertz CT molecular complexity index is 1140. The summed E-state index contributed by atoms with van der Waals surface area (Å²) in [5, 5.41) is 23.2. The van der Waals surface area contributed by atoms with Gasteiger partial charge in [0.15, 0.2) is 0 Å². The number of aromatic nitrogens is 2. The molecule has 8 nitrogen and oxygen atoms in total. The number of likely N-dealkylation sites (N-methyl/N-ethyl adjacent to an activating group) is 1. The fourth-order valence-corrected chi connectivity index (χ4v) is 4.12. The number of benzene rings is 2. The fourth-order valence-electron chi connectivity index (χ4n) is 3.96. The molecule has 0 aliphatic carbocycles. The van der Waals surface area contributed by atoms with Crippen LogP contribution >= 0.6 is 11.6 Å². The smallest absolute Gasteiger partial charge is 0.269 e. The normalized spacial score (nSPS) is 15.0. The first-order chi connectivity index (χ1) is 15.9. The Morgan fingerprint density at radius 2 is 1.79 bits per heavy atom. The van der Waals surface area contributed by atoms with Gasteiger partial charge in [0, 0.05) is 51.0 Å². The maximum atomic E-state index is 12.7. The van der Waals surface area contributed by atoms with E-state index in [0.29, 0.717) is 23.6 Å². The molecular weight excluding hydrogens is 442 g/mol. The largest absolute Gasteiger partial charge is 0.507 e. The van der Waals surface area contributed by atoms with Crippen LogP contribution in [0.15, 0.2) is 42.6 Å². The lowest BCUT2D eigenvalue weighted by molar-refractivity contribution is 0.0949. The Balaban J connectivity index is 1.70. The molecule has 1 aliphatic heterocycles. The molecule has 2 aromatic carbocycles. The number of phenolic OH excluding ortho intramolecular Hbond substituents is 2. The number of rotatable bonds is 6. The van der Waals surface area contributed by atoms with Crippen LogP contribution in [-0.2, 0) is 6.54 Å². The van der Waals surface area contributed by atoms with Crippen LogP contribution in [0.4, 0.5) is 0 Å². The highest BCUT2D eigenvalue weighted by Gasteiger charge is 2.22. The molecule has 0 bridgehead atoms. The summed E-state index contributed by atoms with van der Waals surface area (Å²) in [4.78, 5) is 21.9. The van der Waals surface area contributed by atoms with E-state index in [1.165, 1.54) is 23.9 Å². The van der Waals surface area contributed by atoms with E-state index in [2.05, 4.69) is 27.1 Å². The molecule has 0 spiro atoms. The summed E-state index contributed by atoms with van der Waals surface area (Å²) in [6.45, 7) is 7.37. The monoisotopic (exact) mass is 469 g/mol. The first kappa shape index (κ1) is 23.1. The number of amides is 1. The third kappa shape index (κ3) is 4.98. The third-order valence-corrected chi connectivity index (χ3v) is 6.14. The second-order valence-electron chi connectivity index (χ2n) is 8.23. The van der Waals surface area contributed by atoms with Crippen molar-refractivity contribution in [2.45, 2.75) is 13.5 Å². The molecule has 3 aromatic rings. The lowest BCUT2D eigenvalue weighted by Crippen LogP contribution is -2.43. The quantitative estimate of drug-likeness (QED) is 0.513. The van der Waals surface area contributed by atoms with Gasteiger partial charge < -0.3 is 20.4 Å². The highest BCUT2D eigenvalue weighted by Crippen LogP contribution is 2.38. The summed E-state index contributed by atoms with van der Waals surface area (Å²) < 4.78 is 1.69. The molecule has 1 amide bonds. The van der Waals surface area contributed by atoms with Gasteiger partial charge in [0.2, 0.25) is 0 Å². The number of halogens is 1. The third-order valence-electron chi connectivity index (χ3n) is 5.83. The summed E-state index contributed by atoms with van der Waals surface area (Å²) in [5.41, 5.74) is 2.56. The van der Waals surface area contributed by atoms with Gasteiger partial charge in [-0.1, -0.05) is 23.7 Å². The molecular formula is C24H28ClN5O3. The molecule has 3 N–H and O–H groups in total. The molecule has 2 heterocycles. The van der Waals surface area contributed by atoms with E-state index in [4.69, 9.17) is 11.6 Å². The number of phenols is 2. The summed E-state index contributed by atoms with van der Waals surface area (Å²) in [6.07, 6.45) is 1.47. The number of carbonyl (C=O) groups excluding carboxylic acids is 1. The standard InChI is InChI=1S/C24H28ClN5O3/c1-3-26-24(33)20-14-27-23(18-12-19(25)22(32)13-21(18)31)30(20)17-6-4-16(5-7-17)15-29-10-8-28(2)9-11-29/h4-7,12-14,31-32H,3,8-11,15H2,1-2H3,(H,26,33). The maximum Gasteiger partial charge on any atom is 0.269 e. The van der Waals surface area contributed by atoms with Crippen LogP contribution in [0.3, 0.4) is 0 Å². The molecule has 1 aliphatic rings. The minimum absolute atomic E-state index is 0.0828. The van der Waals surface area contributed by atoms with E-state index < -0.39 is 0 Å². The van der Waals surface area contributed by atoms with Crippen LogP contribution in [0.25, 0.3) is 17.1 Å². The topological polar surface area (TPSA) is 93.9 Å². The van der Waals surface area contributed by atoms with Crippen molar-refractivity contribution >= 4 is 17.5 Å². The number of aromatic hydroxyl groups is 2. The molecule has 1 fully saturated rings. The molecule has 0 radical (unpaired) electrons. The van der Waals surface area contributed by atoms with E-state index in [1.54, 1.807) is 4.57 Å². The van der Waals surface area contributed by atoms with Crippen LogP contribution in [0.1, 0.15) is 23.0 Å². The fraction of sp³-hybridized carbons (Fsp3) is 0.333. The van der Waals surface area contributed by atoms with Gasteiger partial charge >= 0.3 is 0 Å². The van der Waals surface area contributed by atoms with Crippen LogP contribution in [0, 0.1) is 0 Å². The minimum Gasteiger partial charge on any atom is -0.507 e. The average molecular weight is 470 g/mol. The molecule has 4 rings (SSSR count). The highest BCUT2D eigenvalue weighted by atomic mass is 35.5. The molecule has 1 saturated heterocycles. The average Bonchev–Trinajstić information content (AvgIpc) is 3.23. The Morgan fingerprint density at radius 1 is 1.09 bits per heavy atom. The van der Waals surface area contributed by atoms with E-state index in [9.17, 15) is 15.0 Å². The Hall–Kier alpha value is -3.07. The molecule has 0 unspecified atom stereocenters. The zero-order valence-electron chi connectivity index (χ0n) is 18.8. The minimum atomic E-state index is -0.276. The van der Waals surface area contributed by atoms with Gasteiger partial charge in [0.25, 0.3) is 5.91 Å². The van der Waals surface area contributed by atoms with E-state index in [-0.39, 0.29) is 22.4 Å². The molecule has 174 valence electrons. The van der Waals surface area contributed by atoms with Crippen molar-refractivity contribution in [3.8, 4) is 28.6 Å². The summed E-state index contributed by atoms with van der Waals surface area (Å²) in [6, 6.07) is 10.6. The van der Waals surface area contributed by atoms with Crippen molar-refractivity contribution in [2.75, 3.05) is 39.8 Å². The van der Waals surface area contributed by atoms with E-state index >= 15 is 0 Å². The molecule has 9 heteroatoms. The first-order valence-electron chi connectivity index (χ1n) is 11.0. The van der Waals surface area contributed by atoms with Crippen molar-refractivity contribution in [3.63, 3.8) is 0 Å². The number of nitrogens with one attached hydrogen (secondary N) is 1. The van der Waals surface area contributed by atoms with Gasteiger partial charge in [0.1, 0.15) is 23.0 Å². The number of hydrogen-bond donors (Lipinski definition) is 3. The van der Waals surface area contributed by atoms with Gasteiger partial charge in [-0.3, -0.25) is 14.3 Å². The molecule has 0 saturated carbocycles. The van der Waals surface area contributed by atoms with Gasteiger partial charge in [-0.2, -0.15) is 0 Å². The van der Waals surface area contributed by atoms with E-state index in [1.807, 2.05) is 31.2 Å². The summed E-state index contributed by atoms with van der Waals surface area (Å²) in [7, 11) is 2.14. The van der Waals surface area contributed by atoms with Gasteiger partial charge in [-0.15, -0.1) is 0 Å². The number of hydrogen-bond acceptors (Lipinski definition) is 6. The zero-order chi connectivity index (χ0) is 23.5. The summed E-state index contributed by atoms with van der Waals surface area (Å²) in [5.74, 6) is -0.337. The second-order valence-corrected chi connectivity index (χ2v) is 8.64. The summed E-state index contributed by atoms with van der Waals surface area (Å²) >= 11 is 6.09. The van der Waals surface area contributed by atoms with Crippen molar-refractivity contribution in [2.24, 2.45) is 0 Å². The lowest BCUT2D eigenvalue weighted by atomic mass is 10.1. The second kappa shape index (κ2) is 9.82. The Kier molecular flexibility index (Phi) is 6.88. The zero-order valence-corrected chi connectivity index (χ0v) is 19.5. The lowest BCUT2D eigenvalue weighted by Gasteiger charge is -2.32. The van der Waals surface area contributed by atoms with Gasteiger partial charge in [-0.05, 0) is 37.7 Å². The first-order valence-corrected chi connectivity index (χ1v) is 11.3. The van der Waals surface area contributed by atoms with Crippen LogP contribution in [-0.4, -0.2) is 75.2 Å². The Labute approximate surface area is 198 Å². The van der Waals surface area contributed by atoms with Crippen LogP contribution in [0.5, 0.6) is 11.5 Å². The molecule has 33 heavy (non-hydrogen) atoms. The number of nitrogens with zero attached hydrogens (tertiary/aromatic N) is 4. The van der Waals surface area contributed by atoms with Crippen LogP contribution in [0.2, 0.25) is 5.02 Å². The maximum absolute atomic E-state index is 12.7. The number of carbonyl (C=O) groups is 1. The van der Waals surface area contributed by atoms with E-state index in [0.717, 1.165) is 38.4 Å². The predicted molar refractivity (Wildman–Crippen MR) is 128 cm³/mol. The van der Waals surface area contributed by atoms with Crippen molar-refractivity contribution in [1.29, 1.82) is 0 Å². The van der Waals surface area contributed by atoms with Gasteiger partial charge in [-0.25, -0.2) is 4.98 Å².